The number of ether oxygens (including phenoxy) is 1. The third-order valence-electron chi connectivity index (χ3n) is 2.46. The van der Waals surface area contributed by atoms with Gasteiger partial charge in [-0.1, -0.05) is 6.07 Å². The highest BCUT2D eigenvalue weighted by Crippen LogP contribution is 2.11. The number of aromatic nitrogens is 1. The molecule has 0 aliphatic carbocycles. The Bertz CT molecular complexity index is 459. The molecule has 1 aromatic heterocycles. The molecule has 0 saturated heterocycles. The molecule has 0 aliphatic rings. The molecule has 1 aromatic rings. The van der Waals surface area contributed by atoms with Crippen LogP contribution < -0.4 is 5.73 Å². The minimum Gasteiger partial charge on any atom is -0.380 e. The van der Waals surface area contributed by atoms with Gasteiger partial charge in [0.2, 0.25) is 0 Å². The van der Waals surface area contributed by atoms with Crippen molar-refractivity contribution in [3.8, 4) is 0 Å². The fourth-order valence-electron chi connectivity index (χ4n) is 1.30. The van der Waals surface area contributed by atoms with Gasteiger partial charge in [0.1, 0.15) is 0 Å². The molecular weight excluding hydrogens is 254 g/mol. The summed E-state index contributed by atoms with van der Waals surface area (Å²) in [5, 5.41) is 0.0266. The number of pyridine rings is 1. The Balaban J connectivity index is 2.77. The van der Waals surface area contributed by atoms with E-state index in [-0.39, 0.29) is 5.03 Å². The predicted molar refractivity (Wildman–Crippen MR) is 68.4 cm³/mol. The minimum atomic E-state index is -3.54. The van der Waals surface area contributed by atoms with Crippen molar-refractivity contribution in [1.29, 1.82) is 0 Å². The smallest absolute Gasteiger partial charge is 0.260 e. The van der Waals surface area contributed by atoms with Crippen molar-refractivity contribution >= 4 is 10.0 Å². The number of likely N-dealkylation sites (N-methyl/N-ethyl adjacent to an activating group) is 1. The Kier molecular flexibility index (Phi) is 5.67. The number of rotatable bonds is 7. The third kappa shape index (κ3) is 3.74. The lowest BCUT2D eigenvalue weighted by atomic mass is 10.3. The number of sulfonamides is 1. The monoisotopic (exact) mass is 273 g/mol. The normalized spacial score (nSPS) is 12.0. The summed E-state index contributed by atoms with van der Waals surface area (Å²) in [5.41, 5.74) is 6.23. The average Bonchev–Trinajstić information content (AvgIpc) is 2.39. The molecule has 0 saturated carbocycles. The van der Waals surface area contributed by atoms with Gasteiger partial charge in [0, 0.05) is 32.9 Å². The summed E-state index contributed by atoms with van der Waals surface area (Å²) in [6.45, 7) is 3.44. The molecule has 0 amide bonds. The topological polar surface area (TPSA) is 85.5 Å². The maximum Gasteiger partial charge on any atom is 0.260 e. The van der Waals surface area contributed by atoms with Gasteiger partial charge in [0.25, 0.3) is 10.0 Å². The van der Waals surface area contributed by atoms with Gasteiger partial charge in [0.05, 0.1) is 6.61 Å². The summed E-state index contributed by atoms with van der Waals surface area (Å²) in [5.74, 6) is 0. The Hall–Kier alpha value is -1.02. The van der Waals surface area contributed by atoms with Crippen molar-refractivity contribution < 1.29 is 13.2 Å². The number of hydrogen-bond donors (Lipinski definition) is 1. The molecule has 0 bridgehead atoms. The summed E-state index contributed by atoms with van der Waals surface area (Å²) in [6, 6.07) is 3.13. The van der Waals surface area contributed by atoms with Gasteiger partial charge < -0.3 is 10.5 Å². The molecule has 18 heavy (non-hydrogen) atoms. The van der Waals surface area contributed by atoms with Crippen LogP contribution in [0.4, 0.5) is 0 Å². The Morgan fingerprint density at radius 3 is 2.67 bits per heavy atom. The molecule has 1 rings (SSSR count). The van der Waals surface area contributed by atoms with E-state index in [1.165, 1.54) is 23.6 Å². The van der Waals surface area contributed by atoms with Gasteiger partial charge in [-0.25, -0.2) is 13.4 Å². The van der Waals surface area contributed by atoms with Crippen LogP contribution in [0.5, 0.6) is 0 Å². The van der Waals surface area contributed by atoms with E-state index in [2.05, 4.69) is 4.98 Å². The van der Waals surface area contributed by atoms with Gasteiger partial charge in [-0.2, -0.15) is 4.31 Å². The highest BCUT2D eigenvalue weighted by Gasteiger charge is 2.21. The molecule has 0 unspecified atom stereocenters. The molecule has 0 atom stereocenters. The zero-order valence-corrected chi connectivity index (χ0v) is 11.5. The molecule has 102 valence electrons. The molecule has 0 aromatic carbocycles. The zero-order chi connectivity index (χ0) is 13.6. The van der Waals surface area contributed by atoms with Gasteiger partial charge >= 0.3 is 0 Å². The molecule has 1 heterocycles. The molecule has 0 fully saturated rings. The second kappa shape index (κ2) is 6.79. The maximum atomic E-state index is 12.1. The Morgan fingerprint density at radius 1 is 1.44 bits per heavy atom. The molecule has 0 spiro atoms. The van der Waals surface area contributed by atoms with Crippen molar-refractivity contribution in [2.75, 3.05) is 26.8 Å². The summed E-state index contributed by atoms with van der Waals surface area (Å²) >= 11 is 0. The minimum absolute atomic E-state index is 0.0266. The number of hydrogen-bond acceptors (Lipinski definition) is 5. The van der Waals surface area contributed by atoms with Crippen molar-refractivity contribution in [3.05, 3.63) is 23.9 Å². The summed E-state index contributed by atoms with van der Waals surface area (Å²) < 4.78 is 30.6. The van der Waals surface area contributed by atoms with Gasteiger partial charge in [0.15, 0.2) is 5.03 Å². The number of nitrogens with two attached hydrogens (primary N) is 1. The van der Waals surface area contributed by atoms with Crippen molar-refractivity contribution in [2.45, 2.75) is 18.5 Å². The van der Waals surface area contributed by atoms with E-state index in [1.54, 1.807) is 6.07 Å². The first kappa shape index (κ1) is 15.0. The predicted octanol–water partition coefficient (Wildman–Crippen LogP) is 0.197. The fraction of sp³-hybridized carbons (Fsp3) is 0.545. The van der Waals surface area contributed by atoms with Crippen molar-refractivity contribution in [1.82, 2.24) is 9.29 Å². The van der Waals surface area contributed by atoms with E-state index in [0.29, 0.717) is 26.3 Å². The van der Waals surface area contributed by atoms with Crippen LogP contribution in [0, 0.1) is 0 Å². The first-order chi connectivity index (χ1) is 8.52. The molecule has 0 radical (unpaired) electrons. The first-order valence-electron chi connectivity index (χ1n) is 5.71. The van der Waals surface area contributed by atoms with Crippen molar-refractivity contribution in [3.63, 3.8) is 0 Å². The third-order valence-corrected chi connectivity index (χ3v) is 4.24. The highest BCUT2D eigenvalue weighted by molar-refractivity contribution is 7.89. The van der Waals surface area contributed by atoms with E-state index in [0.717, 1.165) is 5.56 Å². The van der Waals surface area contributed by atoms with E-state index in [4.69, 9.17) is 10.5 Å². The highest BCUT2D eigenvalue weighted by atomic mass is 32.2. The van der Waals surface area contributed by atoms with Crippen LogP contribution in [-0.2, 0) is 21.3 Å². The standard InChI is InChI=1S/C11H19N3O3S/c1-3-17-7-6-14(2)18(15,16)11-5-4-10(8-12)9-13-11/h4-5,9H,3,6-8,12H2,1-2H3. The van der Waals surface area contributed by atoms with E-state index < -0.39 is 10.0 Å². The quantitative estimate of drug-likeness (QED) is 0.717. The molecule has 0 aliphatic heterocycles. The van der Waals surface area contributed by atoms with Crippen LogP contribution in [0.2, 0.25) is 0 Å². The summed E-state index contributed by atoms with van der Waals surface area (Å²) in [4.78, 5) is 3.92. The van der Waals surface area contributed by atoms with Crippen LogP contribution in [-0.4, -0.2) is 44.5 Å². The van der Waals surface area contributed by atoms with Gasteiger partial charge in [-0.15, -0.1) is 0 Å². The number of nitrogens with zero attached hydrogens (tertiary/aromatic N) is 2. The van der Waals surface area contributed by atoms with E-state index in [1.807, 2.05) is 6.92 Å². The summed E-state index contributed by atoms with van der Waals surface area (Å²) in [6.07, 6.45) is 1.48. The second-order valence-electron chi connectivity index (χ2n) is 3.73. The molecule has 6 nitrogen and oxygen atoms in total. The van der Waals surface area contributed by atoms with E-state index in [9.17, 15) is 8.42 Å². The van der Waals surface area contributed by atoms with Gasteiger partial charge in [-0.3, -0.25) is 0 Å². The maximum absolute atomic E-state index is 12.1. The van der Waals surface area contributed by atoms with Crippen LogP contribution in [0.15, 0.2) is 23.4 Å². The lowest BCUT2D eigenvalue weighted by Gasteiger charge is -2.16. The lowest BCUT2D eigenvalue weighted by Crippen LogP contribution is -2.30. The fourth-order valence-corrected chi connectivity index (χ4v) is 2.36. The SMILES string of the molecule is CCOCCN(C)S(=O)(=O)c1ccc(CN)cn1. The largest absolute Gasteiger partial charge is 0.380 e. The van der Waals surface area contributed by atoms with Crippen LogP contribution >= 0.6 is 0 Å². The van der Waals surface area contributed by atoms with Crippen LogP contribution in [0.25, 0.3) is 0 Å². The molecule has 2 N–H and O–H groups in total. The Labute approximate surface area is 108 Å². The molecule has 7 heteroatoms. The van der Waals surface area contributed by atoms with Crippen LogP contribution in [0.1, 0.15) is 12.5 Å². The van der Waals surface area contributed by atoms with Gasteiger partial charge in [-0.05, 0) is 18.6 Å². The molecular formula is C11H19N3O3S. The lowest BCUT2D eigenvalue weighted by molar-refractivity contribution is 0.138. The van der Waals surface area contributed by atoms with Crippen LogP contribution in [0.3, 0.4) is 0 Å². The zero-order valence-electron chi connectivity index (χ0n) is 10.7. The first-order valence-corrected chi connectivity index (χ1v) is 7.15. The summed E-state index contributed by atoms with van der Waals surface area (Å²) in [7, 11) is -2.04. The second-order valence-corrected chi connectivity index (χ2v) is 5.72. The van der Waals surface area contributed by atoms with E-state index >= 15 is 0 Å². The Morgan fingerprint density at radius 2 is 2.17 bits per heavy atom. The van der Waals surface area contributed by atoms with Crippen molar-refractivity contribution in [2.24, 2.45) is 5.73 Å². The average molecular weight is 273 g/mol.